The van der Waals surface area contributed by atoms with Crippen molar-refractivity contribution < 1.29 is 14.4 Å². The predicted octanol–water partition coefficient (Wildman–Crippen LogP) is 4.95. The second kappa shape index (κ2) is 6.46. The van der Waals surface area contributed by atoms with E-state index >= 15 is 0 Å². The van der Waals surface area contributed by atoms with Gasteiger partial charge in [0.05, 0.1) is 5.66 Å². The van der Waals surface area contributed by atoms with E-state index < -0.39 is 13.3 Å². The van der Waals surface area contributed by atoms with E-state index in [0.29, 0.717) is 10.6 Å². The fourth-order valence-corrected chi connectivity index (χ4v) is 3.96. The molecule has 3 rings (SSSR count). The van der Waals surface area contributed by atoms with Crippen molar-refractivity contribution in [1.29, 1.82) is 0 Å². The van der Waals surface area contributed by atoms with E-state index in [9.17, 15) is 14.4 Å². The smallest absolute Gasteiger partial charge is 0.324 e. The van der Waals surface area contributed by atoms with Gasteiger partial charge in [-0.2, -0.15) is 0 Å². The van der Waals surface area contributed by atoms with Crippen molar-refractivity contribution in [3.05, 3.63) is 82.9 Å². The third kappa shape index (κ3) is 3.65. The van der Waals surface area contributed by atoms with Crippen LogP contribution in [-0.2, 0) is 11.0 Å². The molecular weight excluding hydrogens is 331 g/mol. The summed E-state index contributed by atoms with van der Waals surface area (Å²) in [6, 6.07) is 20.3. The van der Waals surface area contributed by atoms with Crippen molar-refractivity contribution in [2.75, 3.05) is 0 Å². The molecule has 0 heterocycles. The van der Waals surface area contributed by atoms with Crippen molar-refractivity contribution >= 4 is 30.0 Å². The third-order valence-corrected chi connectivity index (χ3v) is 5.46. The molecular formula is C18H16ClO3P. The van der Waals surface area contributed by atoms with Gasteiger partial charge in [-0.25, -0.2) is 0 Å². The quantitative estimate of drug-likeness (QED) is 0.657. The standard InChI is InChI=1S/C18H16ClO3P/c19-15-10-8-13(9-11-15)12-18(23(20,21)22)17-7-3-5-14-4-1-2-6-16(14)17/h1-11,18H,12H2,(H2,20,21,22). The summed E-state index contributed by atoms with van der Waals surface area (Å²) < 4.78 is 12.1. The highest BCUT2D eigenvalue weighted by molar-refractivity contribution is 7.52. The summed E-state index contributed by atoms with van der Waals surface area (Å²) in [7, 11) is -4.31. The topological polar surface area (TPSA) is 57.5 Å². The highest BCUT2D eigenvalue weighted by Crippen LogP contribution is 2.54. The molecule has 0 aromatic heterocycles. The van der Waals surface area contributed by atoms with Crippen LogP contribution in [0.3, 0.4) is 0 Å². The SMILES string of the molecule is O=P(O)(O)C(Cc1ccc(Cl)cc1)c1cccc2ccccc12. The van der Waals surface area contributed by atoms with Gasteiger partial charge in [0.15, 0.2) is 0 Å². The Morgan fingerprint density at radius 1 is 0.913 bits per heavy atom. The summed E-state index contributed by atoms with van der Waals surface area (Å²) in [6.45, 7) is 0. The first-order chi connectivity index (χ1) is 10.9. The molecule has 0 amide bonds. The molecule has 2 N–H and O–H groups in total. The summed E-state index contributed by atoms with van der Waals surface area (Å²) in [5.74, 6) is 0. The van der Waals surface area contributed by atoms with Gasteiger partial charge in [-0.05, 0) is 40.5 Å². The van der Waals surface area contributed by atoms with Crippen LogP contribution in [0.5, 0.6) is 0 Å². The normalized spacial score (nSPS) is 13.2. The molecule has 5 heteroatoms. The van der Waals surface area contributed by atoms with Crippen LogP contribution in [0.25, 0.3) is 10.8 Å². The maximum absolute atomic E-state index is 12.1. The van der Waals surface area contributed by atoms with Crippen molar-refractivity contribution in [3.63, 3.8) is 0 Å². The zero-order valence-electron chi connectivity index (χ0n) is 12.3. The average molecular weight is 347 g/mol. The number of benzene rings is 3. The maximum atomic E-state index is 12.1. The summed E-state index contributed by atoms with van der Waals surface area (Å²) in [6.07, 6.45) is 0.259. The molecule has 0 saturated carbocycles. The molecule has 3 aromatic rings. The first-order valence-electron chi connectivity index (χ1n) is 7.22. The van der Waals surface area contributed by atoms with E-state index in [4.69, 9.17) is 11.6 Å². The zero-order valence-corrected chi connectivity index (χ0v) is 13.9. The Labute approximate surface area is 139 Å². The second-order valence-corrected chi connectivity index (χ2v) is 7.74. The van der Waals surface area contributed by atoms with Crippen molar-refractivity contribution in [3.8, 4) is 0 Å². The molecule has 3 nitrogen and oxygen atoms in total. The molecule has 0 bridgehead atoms. The Bertz CT molecular complexity index is 866. The van der Waals surface area contributed by atoms with Crippen LogP contribution in [0.1, 0.15) is 16.8 Å². The summed E-state index contributed by atoms with van der Waals surface area (Å²) in [5.41, 5.74) is 0.636. The van der Waals surface area contributed by atoms with Gasteiger partial charge in [0.25, 0.3) is 0 Å². The summed E-state index contributed by atoms with van der Waals surface area (Å²) in [4.78, 5) is 19.8. The van der Waals surface area contributed by atoms with Crippen molar-refractivity contribution in [1.82, 2.24) is 0 Å². The van der Waals surface area contributed by atoms with Crippen molar-refractivity contribution in [2.45, 2.75) is 12.1 Å². The fraction of sp³-hybridized carbons (Fsp3) is 0.111. The van der Waals surface area contributed by atoms with E-state index in [-0.39, 0.29) is 6.42 Å². The molecule has 1 unspecified atom stereocenters. The predicted molar refractivity (Wildman–Crippen MR) is 93.9 cm³/mol. The Kier molecular flexibility index (Phi) is 4.56. The molecule has 0 aliphatic heterocycles. The van der Waals surface area contributed by atoms with Crippen LogP contribution in [-0.4, -0.2) is 9.79 Å². The second-order valence-electron chi connectivity index (χ2n) is 5.50. The lowest BCUT2D eigenvalue weighted by molar-refractivity contribution is 0.358. The van der Waals surface area contributed by atoms with Crippen LogP contribution >= 0.6 is 19.2 Å². The first-order valence-corrected chi connectivity index (χ1v) is 9.28. The van der Waals surface area contributed by atoms with Crippen LogP contribution < -0.4 is 0 Å². The van der Waals surface area contributed by atoms with E-state index in [1.165, 1.54) is 0 Å². The number of hydrogen-bond donors (Lipinski definition) is 2. The van der Waals surface area contributed by atoms with Crippen LogP contribution in [0.15, 0.2) is 66.7 Å². The lowest BCUT2D eigenvalue weighted by atomic mass is 9.98. The number of halogens is 1. The van der Waals surface area contributed by atoms with Gasteiger partial charge in [0.2, 0.25) is 0 Å². The molecule has 0 spiro atoms. The van der Waals surface area contributed by atoms with Gasteiger partial charge in [-0.3, -0.25) is 4.57 Å². The molecule has 118 valence electrons. The van der Waals surface area contributed by atoms with Crippen LogP contribution in [0, 0.1) is 0 Å². The average Bonchev–Trinajstić information content (AvgIpc) is 2.53. The molecule has 3 aromatic carbocycles. The van der Waals surface area contributed by atoms with Gasteiger partial charge in [-0.1, -0.05) is 66.2 Å². The number of hydrogen-bond acceptors (Lipinski definition) is 1. The highest BCUT2D eigenvalue weighted by atomic mass is 35.5. The molecule has 1 atom stereocenters. The molecule has 0 radical (unpaired) electrons. The van der Waals surface area contributed by atoms with E-state index in [0.717, 1.165) is 16.3 Å². The lowest BCUT2D eigenvalue weighted by Gasteiger charge is -2.21. The maximum Gasteiger partial charge on any atom is 0.333 e. The molecule has 0 aliphatic carbocycles. The highest BCUT2D eigenvalue weighted by Gasteiger charge is 2.31. The van der Waals surface area contributed by atoms with Gasteiger partial charge < -0.3 is 9.79 Å². The summed E-state index contributed by atoms with van der Waals surface area (Å²) in [5, 5.41) is 2.45. The molecule has 0 aliphatic rings. The third-order valence-electron chi connectivity index (χ3n) is 3.93. The van der Waals surface area contributed by atoms with Gasteiger partial charge >= 0.3 is 7.60 Å². The van der Waals surface area contributed by atoms with Gasteiger partial charge in [0, 0.05) is 5.02 Å². The van der Waals surface area contributed by atoms with E-state index in [1.54, 1.807) is 30.3 Å². The van der Waals surface area contributed by atoms with Gasteiger partial charge in [0.1, 0.15) is 0 Å². The first kappa shape index (κ1) is 16.2. The Morgan fingerprint density at radius 3 is 2.26 bits per heavy atom. The Balaban J connectivity index is 2.08. The fourth-order valence-electron chi connectivity index (χ4n) is 2.79. The van der Waals surface area contributed by atoms with Crippen LogP contribution in [0.4, 0.5) is 0 Å². The Morgan fingerprint density at radius 2 is 1.57 bits per heavy atom. The minimum atomic E-state index is -4.31. The van der Waals surface area contributed by atoms with Gasteiger partial charge in [-0.15, -0.1) is 0 Å². The molecule has 0 fully saturated rings. The number of fused-ring (bicyclic) bond motifs is 1. The lowest BCUT2D eigenvalue weighted by Crippen LogP contribution is -2.05. The summed E-state index contributed by atoms with van der Waals surface area (Å²) >= 11 is 5.88. The monoisotopic (exact) mass is 346 g/mol. The van der Waals surface area contributed by atoms with E-state index in [1.807, 2.05) is 36.4 Å². The van der Waals surface area contributed by atoms with Crippen LogP contribution in [0.2, 0.25) is 5.02 Å². The van der Waals surface area contributed by atoms with E-state index in [2.05, 4.69) is 0 Å². The molecule has 0 saturated heterocycles. The Hall–Kier alpha value is -1.64. The largest absolute Gasteiger partial charge is 0.333 e. The minimum absolute atomic E-state index is 0.259. The van der Waals surface area contributed by atoms with Crippen molar-refractivity contribution in [2.24, 2.45) is 0 Å². The minimum Gasteiger partial charge on any atom is -0.324 e. The molecule has 23 heavy (non-hydrogen) atoms. The zero-order chi connectivity index (χ0) is 16.4. The number of rotatable bonds is 4.